The summed E-state index contributed by atoms with van der Waals surface area (Å²) in [4.78, 5) is 0. The van der Waals surface area contributed by atoms with Gasteiger partial charge < -0.3 is 5.32 Å². The molecule has 16 heavy (non-hydrogen) atoms. The molecule has 2 nitrogen and oxygen atoms in total. The van der Waals surface area contributed by atoms with Crippen molar-refractivity contribution in [3.63, 3.8) is 0 Å². The maximum absolute atomic E-state index is 9.03. The summed E-state index contributed by atoms with van der Waals surface area (Å²) >= 11 is 0. The van der Waals surface area contributed by atoms with E-state index in [1.165, 1.54) is 0 Å². The summed E-state index contributed by atoms with van der Waals surface area (Å²) in [5.74, 6) is 0. The van der Waals surface area contributed by atoms with Gasteiger partial charge in [-0.25, -0.2) is 0 Å². The van der Waals surface area contributed by atoms with Gasteiger partial charge >= 0.3 is 0 Å². The molecular weight excluding hydrogens is 196 g/mol. The van der Waals surface area contributed by atoms with E-state index in [1.54, 1.807) is 0 Å². The molecule has 0 radical (unpaired) electrons. The molecule has 0 atom stereocenters. The first-order valence-electron chi connectivity index (χ1n) is 5.12. The minimum absolute atomic E-state index is 0.670. The molecule has 0 aliphatic rings. The van der Waals surface area contributed by atoms with E-state index < -0.39 is 0 Å². The van der Waals surface area contributed by atoms with Crippen molar-refractivity contribution >= 4 is 5.69 Å². The second-order valence-corrected chi connectivity index (χ2v) is 3.49. The van der Waals surface area contributed by atoms with Crippen molar-refractivity contribution in [3.05, 3.63) is 54.1 Å². The topological polar surface area (TPSA) is 35.8 Å². The molecule has 0 bridgehead atoms. The summed E-state index contributed by atoms with van der Waals surface area (Å²) in [6.07, 6.45) is 0. The maximum Gasteiger partial charge on any atom is 0.101 e. The molecule has 2 heteroatoms. The van der Waals surface area contributed by atoms with E-state index in [2.05, 4.69) is 11.4 Å². The van der Waals surface area contributed by atoms with Crippen LogP contribution in [0.15, 0.2) is 48.5 Å². The van der Waals surface area contributed by atoms with Crippen molar-refractivity contribution in [2.45, 2.75) is 0 Å². The fourth-order valence-electron chi connectivity index (χ4n) is 1.66. The Balaban J connectivity index is 2.49. The Morgan fingerprint density at radius 1 is 1.00 bits per heavy atom. The molecule has 0 fully saturated rings. The molecule has 0 aliphatic heterocycles. The van der Waals surface area contributed by atoms with Gasteiger partial charge in [0.1, 0.15) is 6.07 Å². The van der Waals surface area contributed by atoms with E-state index in [0.29, 0.717) is 5.56 Å². The van der Waals surface area contributed by atoms with Crippen LogP contribution < -0.4 is 5.32 Å². The van der Waals surface area contributed by atoms with Crippen molar-refractivity contribution in [2.24, 2.45) is 0 Å². The van der Waals surface area contributed by atoms with Crippen LogP contribution in [0.5, 0.6) is 0 Å². The highest BCUT2D eigenvalue weighted by Crippen LogP contribution is 2.24. The van der Waals surface area contributed by atoms with Crippen LogP contribution in [0.25, 0.3) is 11.1 Å². The van der Waals surface area contributed by atoms with Gasteiger partial charge in [0.15, 0.2) is 0 Å². The fourth-order valence-corrected chi connectivity index (χ4v) is 1.66. The van der Waals surface area contributed by atoms with Crippen LogP contribution in [0.4, 0.5) is 5.69 Å². The van der Waals surface area contributed by atoms with Crippen molar-refractivity contribution in [1.29, 1.82) is 5.26 Å². The molecule has 2 rings (SSSR count). The van der Waals surface area contributed by atoms with Gasteiger partial charge in [0.05, 0.1) is 11.3 Å². The third-order valence-corrected chi connectivity index (χ3v) is 2.52. The largest absolute Gasteiger partial charge is 0.387 e. The van der Waals surface area contributed by atoms with Crippen LogP contribution in [-0.2, 0) is 0 Å². The first-order chi connectivity index (χ1) is 7.85. The van der Waals surface area contributed by atoms with Crippen LogP contribution in [0, 0.1) is 11.3 Å². The SMILES string of the molecule is CNc1ccc(-c2ccccc2)cc1C#N. The Morgan fingerprint density at radius 2 is 1.75 bits per heavy atom. The highest BCUT2D eigenvalue weighted by atomic mass is 14.8. The van der Waals surface area contributed by atoms with Crippen molar-refractivity contribution in [3.8, 4) is 17.2 Å². The van der Waals surface area contributed by atoms with Crippen LogP contribution in [-0.4, -0.2) is 7.05 Å². The molecular formula is C14H12N2. The lowest BCUT2D eigenvalue weighted by Gasteiger charge is -2.06. The molecule has 0 aliphatic carbocycles. The van der Waals surface area contributed by atoms with E-state index in [4.69, 9.17) is 5.26 Å². The summed E-state index contributed by atoms with van der Waals surface area (Å²) in [5.41, 5.74) is 3.73. The van der Waals surface area contributed by atoms with E-state index in [9.17, 15) is 0 Å². The molecule has 0 spiro atoms. The lowest BCUT2D eigenvalue weighted by atomic mass is 10.0. The predicted molar refractivity (Wildman–Crippen MR) is 66.1 cm³/mol. The Morgan fingerprint density at radius 3 is 2.38 bits per heavy atom. The van der Waals surface area contributed by atoms with Gasteiger partial charge in [0.2, 0.25) is 0 Å². The average molecular weight is 208 g/mol. The molecule has 0 heterocycles. The molecule has 2 aromatic rings. The highest BCUT2D eigenvalue weighted by Gasteiger charge is 2.03. The van der Waals surface area contributed by atoms with Gasteiger partial charge in [-0.05, 0) is 23.3 Å². The quantitative estimate of drug-likeness (QED) is 0.822. The second kappa shape index (κ2) is 4.50. The Hall–Kier alpha value is -2.27. The highest BCUT2D eigenvalue weighted by molar-refractivity contribution is 5.70. The number of nitrogens with one attached hydrogen (secondary N) is 1. The van der Waals surface area contributed by atoms with Gasteiger partial charge in [-0.3, -0.25) is 0 Å². The summed E-state index contributed by atoms with van der Waals surface area (Å²) in [6.45, 7) is 0. The van der Waals surface area contributed by atoms with Gasteiger partial charge in [0, 0.05) is 7.05 Å². The molecule has 0 amide bonds. The zero-order valence-corrected chi connectivity index (χ0v) is 9.07. The lowest BCUT2D eigenvalue weighted by molar-refractivity contribution is 1.44. The number of anilines is 1. The predicted octanol–water partition coefficient (Wildman–Crippen LogP) is 3.27. The van der Waals surface area contributed by atoms with Crippen LogP contribution in [0.3, 0.4) is 0 Å². The molecule has 2 aromatic carbocycles. The zero-order valence-electron chi connectivity index (χ0n) is 9.07. The van der Waals surface area contributed by atoms with Crippen molar-refractivity contribution in [1.82, 2.24) is 0 Å². The van der Waals surface area contributed by atoms with Gasteiger partial charge in [-0.1, -0.05) is 36.4 Å². The molecule has 0 saturated heterocycles. The van der Waals surface area contributed by atoms with E-state index >= 15 is 0 Å². The summed E-state index contributed by atoms with van der Waals surface area (Å²) < 4.78 is 0. The Kier molecular flexibility index (Phi) is 2.88. The standard InChI is InChI=1S/C14H12N2/c1-16-14-8-7-12(9-13(14)10-15)11-5-3-2-4-6-11/h2-9,16H,1H3. The Labute approximate surface area is 95.2 Å². The number of nitriles is 1. The van der Waals surface area contributed by atoms with Gasteiger partial charge in [-0.2, -0.15) is 5.26 Å². The zero-order chi connectivity index (χ0) is 11.4. The van der Waals surface area contributed by atoms with Gasteiger partial charge in [0.25, 0.3) is 0 Å². The van der Waals surface area contributed by atoms with E-state index in [-0.39, 0.29) is 0 Å². The van der Waals surface area contributed by atoms with Crippen LogP contribution in [0.2, 0.25) is 0 Å². The molecule has 0 unspecified atom stereocenters. The number of nitrogens with zero attached hydrogens (tertiary/aromatic N) is 1. The molecule has 0 saturated carbocycles. The summed E-state index contributed by atoms with van der Waals surface area (Å²) in [5, 5.41) is 12.0. The minimum Gasteiger partial charge on any atom is -0.387 e. The van der Waals surface area contributed by atoms with E-state index in [1.807, 2.05) is 55.6 Å². The minimum atomic E-state index is 0.670. The number of benzene rings is 2. The Bertz CT molecular complexity index is 524. The normalized spacial score (nSPS) is 9.50. The van der Waals surface area contributed by atoms with Gasteiger partial charge in [-0.15, -0.1) is 0 Å². The molecule has 78 valence electrons. The lowest BCUT2D eigenvalue weighted by Crippen LogP contribution is -1.92. The third-order valence-electron chi connectivity index (χ3n) is 2.52. The third kappa shape index (κ3) is 1.89. The average Bonchev–Trinajstić information content (AvgIpc) is 2.39. The van der Waals surface area contributed by atoms with Crippen LogP contribution >= 0.6 is 0 Å². The van der Waals surface area contributed by atoms with E-state index in [0.717, 1.165) is 16.8 Å². The summed E-state index contributed by atoms with van der Waals surface area (Å²) in [6, 6.07) is 18.1. The summed E-state index contributed by atoms with van der Waals surface area (Å²) in [7, 11) is 1.82. The van der Waals surface area contributed by atoms with Crippen molar-refractivity contribution < 1.29 is 0 Å². The molecule has 1 N–H and O–H groups in total. The molecule has 0 aromatic heterocycles. The fraction of sp³-hybridized carbons (Fsp3) is 0.0714. The number of hydrogen-bond acceptors (Lipinski definition) is 2. The maximum atomic E-state index is 9.03. The first kappa shape index (κ1) is 10.3. The first-order valence-corrected chi connectivity index (χ1v) is 5.12. The van der Waals surface area contributed by atoms with Crippen LogP contribution in [0.1, 0.15) is 5.56 Å². The smallest absolute Gasteiger partial charge is 0.101 e. The van der Waals surface area contributed by atoms with Crippen molar-refractivity contribution in [2.75, 3.05) is 12.4 Å². The number of hydrogen-bond donors (Lipinski definition) is 1. The number of rotatable bonds is 2. The second-order valence-electron chi connectivity index (χ2n) is 3.49. The monoisotopic (exact) mass is 208 g/mol.